The van der Waals surface area contributed by atoms with Gasteiger partial charge in [-0.3, -0.25) is 4.79 Å². The van der Waals surface area contributed by atoms with Crippen LogP contribution in [0.3, 0.4) is 0 Å². The number of benzene rings is 1. The van der Waals surface area contributed by atoms with Crippen molar-refractivity contribution in [1.82, 2.24) is 16.0 Å². The lowest BCUT2D eigenvalue weighted by atomic mass is 10.0. The molecule has 1 atom stereocenters. The van der Waals surface area contributed by atoms with Crippen molar-refractivity contribution in [2.75, 3.05) is 13.1 Å². The van der Waals surface area contributed by atoms with Crippen LogP contribution in [-0.2, 0) is 4.79 Å². The summed E-state index contributed by atoms with van der Waals surface area (Å²) in [5, 5.41) is 7.88. The summed E-state index contributed by atoms with van der Waals surface area (Å²) in [6.07, 6.45) is 0.458. The Bertz CT molecular complexity index is 550. The summed E-state index contributed by atoms with van der Waals surface area (Å²) in [5.74, 6) is -1.56. The van der Waals surface area contributed by atoms with Gasteiger partial charge in [-0.2, -0.15) is 0 Å². The predicted molar refractivity (Wildman–Crippen MR) is 83.8 cm³/mol. The number of rotatable bonds is 7. The van der Waals surface area contributed by atoms with E-state index in [1.807, 2.05) is 0 Å². The molecule has 0 heterocycles. The minimum Gasteiger partial charge on any atom is -0.354 e. The topological polar surface area (TPSA) is 70.2 Å². The van der Waals surface area contributed by atoms with E-state index in [2.05, 4.69) is 16.0 Å². The number of halogens is 2. The van der Waals surface area contributed by atoms with Crippen molar-refractivity contribution >= 4 is 11.9 Å². The van der Waals surface area contributed by atoms with Crippen LogP contribution in [0.15, 0.2) is 18.2 Å². The first kappa shape index (κ1) is 18.9. The SMILES string of the molecule is CC[C@H](NC(=O)NCCNC(=O)C(C)C)c1ccc(F)cc1F. The summed E-state index contributed by atoms with van der Waals surface area (Å²) in [7, 11) is 0. The molecule has 1 aromatic rings. The van der Waals surface area contributed by atoms with Crippen LogP contribution in [0.1, 0.15) is 38.8 Å². The molecule has 128 valence electrons. The number of hydrogen-bond donors (Lipinski definition) is 3. The van der Waals surface area contributed by atoms with Crippen LogP contribution in [0.2, 0.25) is 0 Å². The number of hydrogen-bond acceptors (Lipinski definition) is 2. The van der Waals surface area contributed by atoms with Crippen LogP contribution in [0.25, 0.3) is 0 Å². The van der Waals surface area contributed by atoms with Crippen molar-refractivity contribution in [2.45, 2.75) is 33.2 Å². The summed E-state index contributed by atoms with van der Waals surface area (Å²) in [6, 6.07) is 2.24. The summed E-state index contributed by atoms with van der Waals surface area (Å²) < 4.78 is 26.7. The molecule has 0 radical (unpaired) electrons. The normalized spacial score (nSPS) is 11.9. The molecule has 3 amide bonds. The minimum absolute atomic E-state index is 0.0907. The lowest BCUT2D eigenvalue weighted by molar-refractivity contribution is -0.123. The first-order chi connectivity index (χ1) is 10.8. The largest absolute Gasteiger partial charge is 0.354 e. The highest BCUT2D eigenvalue weighted by atomic mass is 19.1. The van der Waals surface area contributed by atoms with Gasteiger partial charge in [-0.15, -0.1) is 0 Å². The molecular formula is C16H23F2N3O2. The van der Waals surface area contributed by atoms with Gasteiger partial charge in [0.2, 0.25) is 5.91 Å². The smallest absolute Gasteiger partial charge is 0.315 e. The molecular weight excluding hydrogens is 304 g/mol. The van der Waals surface area contributed by atoms with Crippen LogP contribution < -0.4 is 16.0 Å². The molecule has 0 fully saturated rings. The van der Waals surface area contributed by atoms with E-state index < -0.39 is 23.7 Å². The third-order valence-corrected chi connectivity index (χ3v) is 3.29. The first-order valence-corrected chi connectivity index (χ1v) is 7.62. The molecule has 0 saturated heterocycles. The van der Waals surface area contributed by atoms with Crippen LogP contribution in [0, 0.1) is 17.6 Å². The molecule has 0 aromatic heterocycles. The number of nitrogens with one attached hydrogen (secondary N) is 3. The number of urea groups is 1. The van der Waals surface area contributed by atoms with Gasteiger partial charge in [0, 0.05) is 30.6 Å². The van der Waals surface area contributed by atoms with E-state index in [1.54, 1.807) is 20.8 Å². The molecule has 7 heteroatoms. The van der Waals surface area contributed by atoms with Crippen molar-refractivity contribution in [3.8, 4) is 0 Å². The molecule has 0 bridgehead atoms. The first-order valence-electron chi connectivity index (χ1n) is 7.62. The average molecular weight is 327 g/mol. The minimum atomic E-state index is -0.693. The second-order valence-corrected chi connectivity index (χ2v) is 5.47. The second kappa shape index (κ2) is 9.07. The number of carbonyl (C=O) groups excluding carboxylic acids is 2. The van der Waals surface area contributed by atoms with Crippen molar-refractivity contribution in [3.05, 3.63) is 35.4 Å². The van der Waals surface area contributed by atoms with E-state index >= 15 is 0 Å². The van der Waals surface area contributed by atoms with Crippen molar-refractivity contribution in [3.63, 3.8) is 0 Å². The highest BCUT2D eigenvalue weighted by Crippen LogP contribution is 2.20. The zero-order valence-electron chi connectivity index (χ0n) is 13.6. The highest BCUT2D eigenvalue weighted by Gasteiger charge is 2.16. The lowest BCUT2D eigenvalue weighted by Gasteiger charge is -2.18. The molecule has 0 spiro atoms. The Morgan fingerprint density at radius 1 is 1.13 bits per heavy atom. The Balaban J connectivity index is 2.46. The van der Waals surface area contributed by atoms with Gasteiger partial charge in [-0.05, 0) is 12.5 Å². The Morgan fingerprint density at radius 3 is 2.35 bits per heavy atom. The van der Waals surface area contributed by atoms with E-state index in [9.17, 15) is 18.4 Å². The highest BCUT2D eigenvalue weighted by molar-refractivity contribution is 5.78. The monoisotopic (exact) mass is 327 g/mol. The molecule has 0 aliphatic heterocycles. The Kier molecular flexibility index (Phi) is 7.44. The summed E-state index contributed by atoms with van der Waals surface area (Å²) in [6.45, 7) is 5.91. The van der Waals surface area contributed by atoms with E-state index in [1.165, 1.54) is 6.07 Å². The molecule has 0 saturated carbocycles. The van der Waals surface area contributed by atoms with Crippen molar-refractivity contribution in [1.29, 1.82) is 0 Å². The molecule has 5 nitrogen and oxygen atoms in total. The van der Waals surface area contributed by atoms with Crippen LogP contribution in [0.4, 0.5) is 13.6 Å². The van der Waals surface area contributed by atoms with E-state index in [4.69, 9.17) is 0 Å². The Morgan fingerprint density at radius 2 is 1.78 bits per heavy atom. The molecule has 1 rings (SSSR count). The maximum absolute atomic E-state index is 13.7. The molecule has 0 aliphatic carbocycles. The molecule has 0 unspecified atom stereocenters. The summed E-state index contributed by atoms with van der Waals surface area (Å²) in [4.78, 5) is 23.2. The predicted octanol–water partition coefficient (Wildman–Crippen LogP) is 2.49. The number of carbonyl (C=O) groups is 2. The van der Waals surface area contributed by atoms with Gasteiger partial charge in [-0.1, -0.05) is 26.8 Å². The van der Waals surface area contributed by atoms with Gasteiger partial charge in [0.25, 0.3) is 0 Å². The zero-order valence-corrected chi connectivity index (χ0v) is 13.6. The fourth-order valence-corrected chi connectivity index (χ4v) is 1.96. The maximum atomic E-state index is 13.7. The van der Waals surface area contributed by atoms with E-state index in [-0.39, 0.29) is 23.9 Å². The van der Waals surface area contributed by atoms with E-state index in [0.717, 1.165) is 12.1 Å². The van der Waals surface area contributed by atoms with Gasteiger partial charge in [0.05, 0.1) is 6.04 Å². The third-order valence-electron chi connectivity index (χ3n) is 3.29. The van der Waals surface area contributed by atoms with Gasteiger partial charge < -0.3 is 16.0 Å². The number of amides is 3. The Hall–Kier alpha value is -2.18. The van der Waals surface area contributed by atoms with Gasteiger partial charge >= 0.3 is 6.03 Å². The molecule has 0 aliphatic rings. The molecule has 3 N–H and O–H groups in total. The van der Waals surface area contributed by atoms with Gasteiger partial charge in [-0.25, -0.2) is 13.6 Å². The summed E-state index contributed by atoms with van der Waals surface area (Å²) in [5.41, 5.74) is 0.233. The third kappa shape index (κ3) is 6.22. The van der Waals surface area contributed by atoms with Crippen LogP contribution in [-0.4, -0.2) is 25.0 Å². The molecule has 23 heavy (non-hydrogen) atoms. The fraction of sp³-hybridized carbons (Fsp3) is 0.500. The van der Waals surface area contributed by atoms with Crippen LogP contribution in [0.5, 0.6) is 0 Å². The standard InChI is InChI=1S/C16H23F2N3O2/c1-4-14(12-6-5-11(17)9-13(12)18)21-16(23)20-8-7-19-15(22)10(2)3/h5-6,9-10,14H,4,7-8H2,1-3H3,(H,19,22)(H2,20,21,23)/t14-/m0/s1. The van der Waals surface area contributed by atoms with Gasteiger partial charge in [0.15, 0.2) is 0 Å². The second-order valence-electron chi connectivity index (χ2n) is 5.47. The van der Waals surface area contributed by atoms with E-state index in [0.29, 0.717) is 13.0 Å². The van der Waals surface area contributed by atoms with Crippen molar-refractivity contribution < 1.29 is 18.4 Å². The summed E-state index contributed by atoms with van der Waals surface area (Å²) >= 11 is 0. The lowest BCUT2D eigenvalue weighted by Crippen LogP contribution is -2.42. The zero-order chi connectivity index (χ0) is 17.4. The Labute approximate surface area is 134 Å². The molecule has 1 aromatic carbocycles. The quantitative estimate of drug-likeness (QED) is 0.673. The van der Waals surface area contributed by atoms with Crippen molar-refractivity contribution in [2.24, 2.45) is 5.92 Å². The van der Waals surface area contributed by atoms with Gasteiger partial charge in [0.1, 0.15) is 11.6 Å². The van der Waals surface area contributed by atoms with Crippen LogP contribution >= 0.6 is 0 Å². The maximum Gasteiger partial charge on any atom is 0.315 e. The average Bonchev–Trinajstić information content (AvgIpc) is 2.49. The fourth-order valence-electron chi connectivity index (χ4n) is 1.96.